The molecule has 3 aromatic carbocycles. The van der Waals surface area contributed by atoms with E-state index in [0.717, 1.165) is 10.0 Å². The minimum Gasteiger partial charge on any atom is -0.477 e. The lowest BCUT2D eigenvalue weighted by Gasteiger charge is -2.38. The number of halogens is 1. The highest BCUT2D eigenvalue weighted by atomic mass is 79.9. The number of ether oxygens (including phenoxy) is 1. The Morgan fingerprint density at radius 1 is 0.923 bits per heavy atom. The van der Waals surface area contributed by atoms with Crippen LogP contribution in [0, 0.1) is 5.92 Å². The van der Waals surface area contributed by atoms with E-state index < -0.39 is 16.1 Å². The number of hydrogen-bond acceptors (Lipinski definition) is 5. The fourth-order valence-electron chi connectivity index (χ4n) is 4.99. The third kappa shape index (κ3) is 6.18. The number of para-hydroxylation sites is 2. The molecule has 2 heterocycles. The highest BCUT2D eigenvalue weighted by Crippen LogP contribution is 2.36. The van der Waals surface area contributed by atoms with Crippen molar-refractivity contribution in [3.05, 3.63) is 88.9 Å². The Hall–Kier alpha value is -3.21. The Balaban J connectivity index is 1.23. The van der Waals surface area contributed by atoms with Crippen LogP contribution in [0.15, 0.2) is 88.2 Å². The molecular weight excluding hydrogens is 582 g/mol. The maximum atomic E-state index is 13.7. The van der Waals surface area contributed by atoms with Gasteiger partial charge in [-0.3, -0.25) is 9.59 Å². The van der Waals surface area contributed by atoms with Crippen LogP contribution < -0.4 is 15.0 Å². The van der Waals surface area contributed by atoms with Crippen molar-refractivity contribution in [2.45, 2.75) is 30.3 Å². The molecule has 0 bridgehead atoms. The zero-order valence-electron chi connectivity index (χ0n) is 21.3. The van der Waals surface area contributed by atoms with Gasteiger partial charge in [-0.15, -0.1) is 0 Å². The molecule has 0 spiro atoms. The molecule has 0 radical (unpaired) electrons. The molecule has 5 rings (SSSR count). The summed E-state index contributed by atoms with van der Waals surface area (Å²) in [6.07, 6.45) is 0.669. The number of rotatable bonds is 7. The molecule has 0 aromatic heterocycles. The Bertz CT molecular complexity index is 1420. The molecule has 1 atom stereocenters. The molecule has 1 saturated heterocycles. The molecule has 0 saturated carbocycles. The van der Waals surface area contributed by atoms with Crippen molar-refractivity contribution in [2.24, 2.45) is 5.92 Å². The molecule has 39 heavy (non-hydrogen) atoms. The number of carbonyl (C=O) groups is 2. The van der Waals surface area contributed by atoms with Crippen molar-refractivity contribution < 1.29 is 22.7 Å². The number of piperidine rings is 1. The van der Waals surface area contributed by atoms with Crippen LogP contribution in [0.4, 0.5) is 5.69 Å². The Labute approximate surface area is 237 Å². The van der Waals surface area contributed by atoms with Gasteiger partial charge in [-0.1, -0.05) is 58.4 Å². The minimum absolute atomic E-state index is 0.102. The summed E-state index contributed by atoms with van der Waals surface area (Å²) in [6, 6.07) is 23.6. The van der Waals surface area contributed by atoms with E-state index in [-0.39, 0.29) is 42.3 Å². The van der Waals surface area contributed by atoms with Gasteiger partial charge in [0.15, 0.2) is 6.10 Å². The van der Waals surface area contributed by atoms with Crippen LogP contribution >= 0.6 is 15.9 Å². The van der Waals surface area contributed by atoms with E-state index in [4.69, 9.17) is 4.74 Å². The van der Waals surface area contributed by atoms with Gasteiger partial charge in [-0.05, 0) is 61.2 Å². The van der Waals surface area contributed by atoms with Crippen LogP contribution in [0.2, 0.25) is 0 Å². The van der Waals surface area contributed by atoms with Crippen LogP contribution in [-0.4, -0.2) is 56.8 Å². The molecule has 3 aromatic rings. The summed E-state index contributed by atoms with van der Waals surface area (Å²) in [5.74, 6) is -0.257. The van der Waals surface area contributed by atoms with Gasteiger partial charge in [0.25, 0.3) is 5.91 Å². The normalized spacial score (nSPS) is 18.2. The smallest absolute Gasteiger partial charge is 0.262 e. The number of benzene rings is 3. The van der Waals surface area contributed by atoms with E-state index in [0.29, 0.717) is 37.2 Å². The molecule has 1 unspecified atom stereocenters. The molecular formula is C29H30BrN3O5S. The predicted molar refractivity (Wildman–Crippen MR) is 152 cm³/mol. The number of amides is 2. The van der Waals surface area contributed by atoms with Crippen molar-refractivity contribution >= 4 is 43.5 Å². The highest BCUT2D eigenvalue weighted by molar-refractivity contribution is 9.10. The summed E-state index contributed by atoms with van der Waals surface area (Å²) in [6.45, 7) is 1.07. The van der Waals surface area contributed by atoms with Gasteiger partial charge < -0.3 is 15.0 Å². The number of fused-ring (bicyclic) bond motifs is 1. The predicted octanol–water partition coefficient (Wildman–Crippen LogP) is 4.00. The van der Waals surface area contributed by atoms with E-state index in [1.807, 2.05) is 48.5 Å². The van der Waals surface area contributed by atoms with Gasteiger partial charge >= 0.3 is 0 Å². The molecule has 204 valence electrons. The summed E-state index contributed by atoms with van der Waals surface area (Å²) in [4.78, 5) is 28.6. The Morgan fingerprint density at radius 3 is 2.31 bits per heavy atom. The van der Waals surface area contributed by atoms with Gasteiger partial charge in [-0.25, -0.2) is 8.42 Å². The van der Waals surface area contributed by atoms with E-state index in [1.165, 1.54) is 4.31 Å². The second-order valence-corrected chi connectivity index (χ2v) is 12.5. The molecule has 0 aliphatic carbocycles. The fourth-order valence-corrected chi connectivity index (χ4v) is 6.72. The number of nitrogens with zero attached hydrogens (tertiary/aromatic N) is 2. The first-order valence-electron chi connectivity index (χ1n) is 13.0. The van der Waals surface area contributed by atoms with E-state index >= 15 is 0 Å². The van der Waals surface area contributed by atoms with Crippen molar-refractivity contribution in [3.63, 3.8) is 0 Å². The standard InChI is InChI=1S/C29H30BrN3O5S/c30-23-10-12-24(13-11-23)39(36,37)32-18-15-22(16-19-32)29(35)33-20-27(38-26-9-5-4-8-25(26)33)28(34)31-17-14-21-6-2-1-3-7-21/h1-13,22,27H,14-20H2,(H,31,34). The molecule has 2 aliphatic heterocycles. The molecule has 10 heteroatoms. The first-order chi connectivity index (χ1) is 18.8. The van der Waals surface area contributed by atoms with E-state index in [2.05, 4.69) is 21.2 Å². The molecule has 2 aliphatic rings. The molecule has 1 N–H and O–H groups in total. The van der Waals surface area contributed by atoms with Gasteiger partial charge in [0.1, 0.15) is 5.75 Å². The molecule has 2 amide bonds. The van der Waals surface area contributed by atoms with Crippen molar-refractivity contribution in [2.75, 3.05) is 31.1 Å². The number of sulfonamides is 1. The van der Waals surface area contributed by atoms with Crippen LogP contribution in [0.3, 0.4) is 0 Å². The summed E-state index contributed by atoms with van der Waals surface area (Å²) < 4.78 is 34.4. The first kappa shape index (κ1) is 27.4. The fraction of sp³-hybridized carbons (Fsp3) is 0.310. The Kier molecular flexibility index (Phi) is 8.34. The van der Waals surface area contributed by atoms with Crippen molar-refractivity contribution in [1.82, 2.24) is 9.62 Å². The SMILES string of the molecule is O=C(NCCc1ccccc1)C1CN(C(=O)C2CCN(S(=O)(=O)c3ccc(Br)cc3)CC2)c2ccccc2O1. The average Bonchev–Trinajstić information content (AvgIpc) is 2.97. The first-order valence-corrected chi connectivity index (χ1v) is 15.2. The lowest BCUT2D eigenvalue weighted by molar-refractivity contribution is -0.129. The average molecular weight is 613 g/mol. The topological polar surface area (TPSA) is 96.0 Å². The maximum Gasteiger partial charge on any atom is 0.262 e. The Morgan fingerprint density at radius 2 is 1.59 bits per heavy atom. The molecule has 1 fully saturated rings. The van der Waals surface area contributed by atoms with Crippen molar-refractivity contribution in [1.29, 1.82) is 0 Å². The summed E-state index contributed by atoms with van der Waals surface area (Å²) in [7, 11) is -3.64. The third-order valence-electron chi connectivity index (χ3n) is 7.14. The zero-order valence-corrected chi connectivity index (χ0v) is 23.7. The van der Waals surface area contributed by atoms with E-state index in [1.54, 1.807) is 35.2 Å². The number of hydrogen-bond donors (Lipinski definition) is 1. The van der Waals surface area contributed by atoms with E-state index in [9.17, 15) is 18.0 Å². The summed E-state index contributed by atoms with van der Waals surface area (Å²) in [5.41, 5.74) is 1.75. The lowest BCUT2D eigenvalue weighted by atomic mass is 9.95. The van der Waals surface area contributed by atoms with Crippen LogP contribution in [0.1, 0.15) is 18.4 Å². The second-order valence-electron chi connectivity index (χ2n) is 9.68. The number of carbonyl (C=O) groups excluding carboxylic acids is 2. The molecule has 8 nitrogen and oxygen atoms in total. The van der Waals surface area contributed by atoms with Crippen molar-refractivity contribution in [3.8, 4) is 5.75 Å². The zero-order chi connectivity index (χ0) is 27.4. The lowest BCUT2D eigenvalue weighted by Crippen LogP contribution is -2.53. The van der Waals surface area contributed by atoms with Crippen LogP contribution in [0.5, 0.6) is 5.75 Å². The summed E-state index contributed by atoms with van der Waals surface area (Å²) >= 11 is 3.33. The largest absolute Gasteiger partial charge is 0.477 e. The maximum absolute atomic E-state index is 13.7. The summed E-state index contributed by atoms with van der Waals surface area (Å²) in [5, 5.41) is 2.93. The highest BCUT2D eigenvalue weighted by Gasteiger charge is 2.39. The van der Waals surface area contributed by atoms with Crippen LogP contribution in [-0.2, 0) is 26.0 Å². The van der Waals surface area contributed by atoms with Gasteiger partial charge in [-0.2, -0.15) is 4.31 Å². The second kappa shape index (κ2) is 11.9. The van der Waals surface area contributed by atoms with Crippen LogP contribution in [0.25, 0.3) is 0 Å². The number of anilines is 1. The monoisotopic (exact) mass is 611 g/mol. The van der Waals surface area contributed by atoms with Gasteiger partial charge in [0.2, 0.25) is 15.9 Å². The van der Waals surface area contributed by atoms with Gasteiger partial charge in [0.05, 0.1) is 17.1 Å². The third-order valence-corrected chi connectivity index (χ3v) is 9.58. The van der Waals surface area contributed by atoms with Gasteiger partial charge in [0, 0.05) is 30.0 Å². The minimum atomic E-state index is -3.64. The number of nitrogens with one attached hydrogen (secondary N) is 1. The quantitative estimate of drug-likeness (QED) is 0.436.